The maximum absolute atomic E-state index is 12.5. The third-order valence-electron chi connectivity index (χ3n) is 10.9. The Kier molecular flexibility index (Phi) is 5.82. The van der Waals surface area contributed by atoms with E-state index in [0.29, 0.717) is 33.2 Å². The van der Waals surface area contributed by atoms with Crippen LogP contribution in [0.3, 0.4) is 0 Å². The van der Waals surface area contributed by atoms with Crippen molar-refractivity contribution in [1.82, 2.24) is 29.9 Å². The van der Waals surface area contributed by atoms with Crippen molar-refractivity contribution >= 4 is 60.8 Å². The molecule has 5 heterocycles. The average molecular weight is 639 g/mol. The van der Waals surface area contributed by atoms with Crippen LogP contribution in [0, 0.1) is 36.5 Å². The Labute approximate surface area is 268 Å². The Morgan fingerprint density at radius 2 is 1.98 bits per heavy atom. The molecule has 2 bridgehead atoms. The molecule has 4 aromatic heterocycles. The van der Waals surface area contributed by atoms with Crippen LogP contribution in [0.4, 0.5) is 21.9 Å². The van der Waals surface area contributed by atoms with Crippen molar-refractivity contribution in [3.63, 3.8) is 0 Å². The molecule has 9 rings (SSSR count). The van der Waals surface area contributed by atoms with Gasteiger partial charge in [0.1, 0.15) is 0 Å². The Morgan fingerprint density at radius 1 is 1.11 bits per heavy atom. The van der Waals surface area contributed by atoms with Crippen LogP contribution in [0.2, 0.25) is 0 Å². The lowest BCUT2D eigenvalue weighted by Crippen LogP contribution is -2.33. The van der Waals surface area contributed by atoms with Crippen LogP contribution in [0.15, 0.2) is 30.5 Å². The molecule has 0 radical (unpaired) electrons. The van der Waals surface area contributed by atoms with Gasteiger partial charge in [-0.25, -0.2) is 14.8 Å². The second kappa shape index (κ2) is 9.56. The van der Waals surface area contributed by atoms with Gasteiger partial charge in [-0.1, -0.05) is 41.7 Å². The van der Waals surface area contributed by atoms with E-state index < -0.39 is 5.97 Å². The molecule has 4 aliphatic rings. The maximum atomic E-state index is 12.5. The Morgan fingerprint density at radius 3 is 2.82 bits per heavy atom. The number of nitrogens with one attached hydrogen (secondary N) is 1. The summed E-state index contributed by atoms with van der Waals surface area (Å²) in [5, 5.41) is 28.9. The van der Waals surface area contributed by atoms with E-state index in [1.54, 1.807) is 11.3 Å². The zero-order valence-corrected chi connectivity index (χ0v) is 27.1. The number of aromatic carboxylic acids is 1. The van der Waals surface area contributed by atoms with Gasteiger partial charge < -0.3 is 15.3 Å². The standard InChI is InChI=1S/C33H34N8O2S2/c1-17-10-32(12-20-13-33(20,11-17)15-32)16-41-19(3)22(14-34-41)26-25(29(42)43)36-31(45-26)40-9-8-21-18(2)27(38-39-28(21)40)37-30-35-23-6-4-5-7-24(23)44-30/h4-7,14,17,20H,8-13,15-16H2,1-3H3,(H,42,43)(H,35,37,38). The number of hydrogen-bond donors (Lipinski definition) is 2. The van der Waals surface area contributed by atoms with Crippen LogP contribution in [-0.4, -0.2) is 47.6 Å². The smallest absolute Gasteiger partial charge is 0.356 e. The van der Waals surface area contributed by atoms with Gasteiger partial charge >= 0.3 is 5.97 Å². The molecule has 2 N–H and O–H groups in total. The van der Waals surface area contributed by atoms with Crippen LogP contribution in [0.1, 0.15) is 66.3 Å². The van der Waals surface area contributed by atoms with Crippen molar-refractivity contribution in [3.05, 3.63) is 53.0 Å². The molecule has 230 valence electrons. The molecule has 3 saturated carbocycles. The summed E-state index contributed by atoms with van der Waals surface area (Å²) in [5.74, 6) is 2.04. The minimum atomic E-state index is -1.03. The van der Waals surface area contributed by atoms with E-state index >= 15 is 0 Å². The van der Waals surface area contributed by atoms with Crippen molar-refractivity contribution in [2.75, 3.05) is 16.8 Å². The Bertz CT molecular complexity index is 1990. The molecule has 0 saturated heterocycles. The number of carboxylic acid groups (broad SMARTS) is 1. The van der Waals surface area contributed by atoms with E-state index in [1.807, 2.05) is 36.2 Å². The first kappa shape index (κ1) is 27.4. The van der Waals surface area contributed by atoms with Crippen molar-refractivity contribution in [2.24, 2.45) is 22.7 Å². The van der Waals surface area contributed by atoms with Crippen molar-refractivity contribution < 1.29 is 9.90 Å². The fraction of sp³-hybridized carbons (Fsp3) is 0.455. The maximum Gasteiger partial charge on any atom is 0.356 e. The van der Waals surface area contributed by atoms with Gasteiger partial charge in [0, 0.05) is 35.5 Å². The van der Waals surface area contributed by atoms with Gasteiger partial charge in [0.05, 0.1) is 21.3 Å². The van der Waals surface area contributed by atoms with Gasteiger partial charge in [0.25, 0.3) is 0 Å². The first-order valence-corrected chi connectivity index (χ1v) is 17.4. The van der Waals surface area contributed by atoms with Crippen LogP contribution in [-0.2, 0) is 13.0 Å². The summed E-state index contributed by atoms with van der Waals surface area (Å²) in [6.45, 7) is 8.10. The highest BCUT2D eigenvalue weighted by Gasteiger charge is 2.67. The number of aromatic nitrogens is 6. The molecule has 1 aromatic carbocycles. The largest absolute Gasteiger partial charge is 0.476 e. The molecular formula is C33H34N8O2S2. The number of para-hydroxylation sites is 1. The molecule has 1 aliphatic heterocycles. The molecule has 1 spiro atoms. The lowest BCUT2D eigenvalue weighted by Gasteiger charge is -2.40. The number of carboxylic acids is 1. The summed E-state index contributed by atoms with van der Waals surface area (Å²) in [6.07, 6.45) is 9.30. The van der Waals surface area contributed by atoms with Gasteiger partial charge in [-0.3, -0.25) is 4.68 Å². The topological polar surface area (TPSA) is 122 Å². The lowest BCUT2D eigenvalue weighted by molar-refractivity contribution is 0.0692. The summed E-state index contributed by atoms with van der Waals surface area (Å²) in [7, 11) is 0. The number of thiazole rings is 2. The minimum absolute atomic E-state index is 0.0652. The number of benzene rings is 1. The summed E-state index contributed by atoms with van der Waals surface area (Å²) in [5.41, 5.74) is 5.89. The van der Waals surface area contributed by atoms with E-state index in [-0.39, 0.29) is 5.69 Å². The van der Waals surface area contributed by atoms with Gasteiger partial charge in [0.15, 0.2) is 27.6 Å². The summed E-state index contributed by atoms with van der Waals surface area (Å²) in [4.78, 5) is 24.5. The number of carbonyl (C=O) groups is 1. The quantitative estimate of drug-likeness (QED) is 0.188. The molecule has 4 unspecified atom stereocenters. The minimum Gasteiger partial charge on any atom is -0.476 e. The number of hydrogen-bond acceptors (Lipinski definition) is 10. The molecule has 0 amide bonds. The van der Waals surface area contributed by atoms with Crippen molar-refractivity contribution in [2.45, 2.75) is 65.8 Å². The molecule has 12 heteroatoms. The van der Waals surface area contributed by atoms with Crippen LogP contribution in [0.25, 0.3) is 20.7 Å². The van der Waals surface area contributed by atoms with Crippen molar-refractivity contribution in [3.8, 4) is 10.4 Å². The highest BCUT2D eigenvalue weighted by molar-refractivity contribution is 7.22. The molecule has 10 nitrogen and oxygen atoms in total. The monoisotopic (exact) mass is 638 g/mol. The molecule has 3 fully saturated rings. The van der Waals surface area contributed by atoms with E-state index in [0.717, 1.165) is 68.4 Å². The number of fused-ring (bicyclic) bond motifs is 3. The normalized spacial score (nSPS) is 26.3. The van der Waals surface area contributed by atoms with E-state index in [2.05, 4.69) is 50.1 Å². The third kappa shape index (κ3) is 4.25. The number of nitrogens with zero attached hydrogens (tertiary/aromatic N) is 7. The zero-order chi connectivity index (χ0) is 30.7. The van der Waals surface area contributed by atoms with E-state index in [4.69, 9.17) is 5.10 Å². The van der Waals surface area contributed by atoms with Crippen molar-refractivity contribution in [1.29, 1.82) is 0 Å². The van der Waals surface area contributed by atoms with Gasteiger partial charge in [-0.2, -0.15) is 5.10 Å². The van der Waals surface area contributed by atoms with Crippen LogP contribution < -0.4 is 10.2 Å². The number of anilines is 4. The van der Waals surface area contributed by atoms with E-state index in [9.17, 15) is 9.90 Å². The highest BCUT2D eigenvalue weighted by Crippen LogP contribution is 2.76. The first-order chi connectivity index (χ1) is 21.7. The van der Waals surface area contributed by atoms with Gasteiger partial charge in [-0.05, 0) is 87.2 Å². The average Bonchev–Trinajstić information content (AvgIpc) is 3.60. The molecular weight excluding hydrogens is 605 g/mol. The predicted octanol–water partition coefficient (Wildman–Crippen LogP) is 7.38. The zero-order valence-electron chi connectivity index (χ0n) is 25.5. The first-order valence-electron chi connectivity index (χ1n) is 15.7. The Balaban J connectivity index is 1.00. The second-order valence-corrected chi connectivity index (χ2v) is 15.9. The predicted molar refractivity (Wildman–Crippen MR) is 176 cm³/mol. The molecule has 4 atom stereocenters. The molecule has 45 heavy (non-hydrogen) atoms. The molecule has 5 aromatic rings. The third-order valence-corrected chi connectivity index (χ3v) is 12.9. The summed E-state index contributed by atoms with van der Waals surface area (Å²) < 4.78 is 3.25. The van der Waals surface area contributed by atoms with Gasteiger partial charge in [-0.15, -0.1) is 10.2 Å². The van der Waals surface area contributed by atoms with Gasteiger partial charge in [0.2, 0.25) is 0 Å². The molecule has 3 aliphatic carbocycles. The van der Waals surface area contributed by atoms with Crippen LogP contribution in [0.5, 0.6) is 0 Å². The SMILES string of the molecule is Cc1c(Nc2nc3ccccc3s2)nnc2c1CCN2c1nc(C(=O)O)c(-c2cnn(CC34CC(C)CC5(CC5C3)C4)c2C)s1. The summed E-state index contributed by atoms with van der Waals surface area (Å²) >= 11 is 2.98. The fourth-order valence-electron chi connectivity index (χ4n) is 9.07. The van der Waals surface area contributed by atoms with E-state index in [1.165, 1.54) is 43.4 Å². The second-order valence-electron chi connectivity index (χ2n) is 13.9. The number of rotatable bonds is 7. The Hall–Kier alpha value is -3.90. The highest BCUT2D eigenvalue weighted by atomic mass is 32.1. The summed E-state index contributed by atoms with van der Waals surface area (Å²) in [6, 6.07) is 8.05. The fourth-order valence-corrected chi connectivity index (χ4v) is 11.1. The van der Waals surface area contributed by atoms with Crippen LogP contribution >= 0.6 is 22.7 Å². The lowest BCUT2D eigenvalue weighted by atomic mass is 9.67.